The zero-order chi connectivity index (χ0) is 19.5. The maximum atomic E-state index is 12.4. The molecule has 10 nitrogen and oxygen atoms in total. The van der Waals surface area contributed by atoms with E-state index in [9.17, 15) is 9.59 Å². The number of carbonyl (C=O) groups excluding carboxylic acids is 1. The first-order valence-corrected chi connectivity index (χ1v) is 9.30. The molecule has 0 bridgehead atoms. The number of piperidine rings is 1. The van der Waals surface area contributed by atoms with E-state index >= 15 is 0 Å². The SMILES string of the molecule is O=C(NCCc1noc(CO)n1)N1CCC(n2c(=O)[nH]c3ccccc32)CC1. The Hall–Kier alpha value is -3.14. The second-order valence-electron chi connectivity index (χ2n) is 6.78. The fraction of sp³-hybridized carbons (Fsp3) is 0.444. The van der Waals surface area contributed by atoms with Crippen LogP contribution in [0, 0.1) is 0 Å². The largest absolute Gasteiger partial charge is 0.387 e. The molecule has 1 saturated heterocycles. The first-order chi connectivity index (χ1) is 13.7. The summed E-state index contributed by atoms with van der Waals surface area (Å²) in [6, 6.07) is 7.58. The van der Waals surface area contributed by atoms with Gasteiger partial charge in [0, 0.05) is 32.1 Å². The van der Waals surface area contributed by atoms with E-state index in [2.05, 4.69) is 20.4 Å². The normalized spacial score (nSPS) is 15.2. The third kappa shape index (κ3) is 3.63. The lowest BCUT2D eigenvalue weighted by Gasteiger charge is -2.32. The van der Waals surface area contributed by atoms with Gasteiger partial charge < -0.3 is 24.8 Å². The van der Waals surface area contributed by atoms with Crippen LogP contribution in [0.1, 0.15) is 30.6 Å². The third-order valence-electron chi connectivity index (χ3n) is 5.01. The average Bonchev–Trinajstić information content (AvgIpc) is 3.31. The van der Waals surface area contributed by atoms with Crippen molar-refractivity contribution >= 4 is 17.1 Å². The summed E-state index contributed by atoms with van der Waals surface area (Å²) in [7, 11) is 0. The monoisotopic (exact) mass is 386 g/mol. The molecule has 2 amide bonds. The highest BCUT2D eigenvalue weighted by Crippen LogP contribution is 2.24. The Balaban J connectivity index is 1.30. The van der Waals surface area contributed by atoms with Crippen molar-refractivity contribution in [2.45, 2.75) is 31.9 Å². The number of aliphatic hydroxyl groups is 1. The molecule has 0 radical (unpaired) electrons. The molecule has 1 aliphatic heterocycles. The first kappa shape index (κ1) is 18.2. The number of aliphatic hydroxyl groups excluding tert-OH is 1. The molecule has 0 saturated carbocycles. The van der Waals surface area contributed by atoms with Crippen LogP contribution in [-0.4, -0.2) is 55.4 Å². The topological polar surface area (TPSA) is 129 Å². The van der Waals surface area contributed by atoms with Crippen LogP contribution in [0.15, 0.2) is 33.6 Å². The minimum absolute atomic E-state index is 0.0731. The predicted octanol–water partition coefficient (Wildman–Crippen LogP) is 0.794. The van der Waals surface area contributed by atoms with Gasteiger partial charge >= 0.3 is 11.7 Å². The van der Waals surface area contributed by atoms with Crippen molar-refractivity contribution in [3.63, 3.8) is 0 Å². The molecule has 28 heavy (non-hydrogen) atoms. The number of fused-ring (bicyclic) bond motifs is 1. The second kappa shape index (κ2) is 7.85. The summed E-state index contributed by atoms with van der Waals surface area (Å²) >= 11 is 0. The molecule has 2 aromatic heterocycles. The summed E-state index contributed by atoms with van der Waals surface area (Å²) in [6.45, 7) is 1.25. The van der Waals surface area contributed by atoms with Gasteiger partial charge in [-0.3, -0.25) is 4.57 Å². The highest BCUT2D eigenvalue weighted by molar-refractivity contribution is 5.75. The van der Waals surface area contributed by atoms with Gasteiger partial charge in [-0.1, -0.05) is 17.3 Å². The molecule has 3 heterocycles. The zero-order valence-corrected chi connectivity index (χ0v) is 15.3. The van der Waals surface area contributed by atoms with Crippen molar-refractivity contribution in [3.8, 4) is 0 Å². The Bertz CT molecular complexity index is 1010. The van der Waals surface area contributed by atoms with Crippen molar-refractivity contribution in [1.29, 1.82) is 0 Å². The summed E-state index contributed by atoms with van der Waals surface area (Å²) in [5.74, 6) is 0.609. The van der Waals surface area contributed by atoms with Gasteiger partial charge in [0.1, 0.15) is 6.61 Å². The number of carbonyl (C=O) groups is 1. The number of rotatable bonds is 5. The number of benzene rings is 1. The number of likely N-dealkylation sites (tertiary alicyclic amines) is 1. The lowest BCUT2D eigenvalue weighted by molar-refractivity contribution is 0.172. The summed E-state index contributed by atoms with van der Waals surface area (Å²) in [5, 5.41) is 15.5. The van der Waals surface area contributed by atoms with Gasteiger partial charge in [0.2, 0.25) is 0 Å². The van der Waals surface area contributed by atoms with Crippen LogP contribution in [0.5, 0.6) is 0 Å². The highest BCUT2D eigenvalue weighted by atomic mass is 16.5. The van der Waals surface area contributed by atoms with Crippen molar-refractivity contribution in [2.24, 2.45) is 0 Å². The summed E-state index contributed by atoms with van der Waals surface area (Å²) in [4.78, 5) is 33.3. The van der Waals surface area contributed by atoms with Crippen LogP contribution in [0.3, 0.4) is 0 Å². The Morgan fingerprint density at radius 2 is 2.11 bits per heavy atom. The molecular weight excluding hydrogens is 364 g/mol. The molecule has 3 aromatic rings. The van der Waals surface area contributed by atoms with E-state index in [0.717, 1.165) is 23.9 Å². The number of hydrogen-bond acceptors (Lipinski definition) is 6. The van der Waals surface area contributed by atoms with Crippen LogP contribution in [0.25, 0.3) is 11.0 Å². The van der Waals surface area contributed by atoms with E-state index < -0.39 is 0 Å². The molecular formula is C18H22N6O4. The number of aromatic nitrogens is 4. The van der Waals surface area contributed by atoms with Crippen molar-refractivity contribution in [1.82, 2.24) is 29.9 Å². The van der Waals surface area contributed by atoms with E-state index in [-0.39, 0.29) is 30.3 Å². The van der Waals surface area contributed by atoms with Crippen molar-refractivity contribution in [3.05, 3.63) is 46.5 Å². The molecule has 1 fully saturated rings. The van der Waals surface area contributed by atoms with Crippen LogP contribution in [-0.2, 0) is 13.0 Å². The molecule has 0 aliphatic carbocycles. The van der Waals surface area contributed by atoms with Crippen molar-refractivity contribution < 1.29 is 14.4 Å². The standard InChI is InChI=1S/C18H22N6O4/c25-11-16-21-15(22-28-16)5-8-19-17(26)23-9-6-12(7-10-23)24-14-4-2-1-3-13(14)20-18(24)27/h1-4,12,25H,5-11H2,(H,19,26)(H,20,27). The first-order valence-electron chi connectivity index (χ1n) is 9.30. The highest BCUT2D eigenvalue weighted by Gasteiger charge is 2.25. The molecule has 3 N–H and O–H groups in total. The predicted molar refractivity (Wildman–Crippen MR) is 99.7 cm³/mol. The number of urea groups is 1. The van der Waals surface area contributed by atoms with E-state index in [4.69, 9.17) is 9.63 Å². The minimum atomic E-state index is -0.298. The Morgan fingerprint density at radius 3 is 2.86 bits per heavy atom. The number of H-pyrrole nitrogens is 1. The number of hydrogen-bond donors (Lipinski definition) is 3. The van der Waals surface area contributed by atoms with Gasteiger partial charge in [-0.25, -0.2) is 9.59 Å². The van der Waals surface area contributed by atoms with Gasteiger partial charge in [0.25, 0.3) is 5.89 Å². The van der Waals surface area contributed by atoms with Gasteiger partial charge in [-0.05, 0) is 25.0 Å². The van der Waals surface area contributed by atoms with Crippen molar-refractivity contribution in [2.75, 3.05) is 19.6 Å². The molecule has 148 valence electrons. The third-order valence-corrected chi connectivity index (χ3v) is 5.01. The number of para-hydroxylation sites is 2. The maximum absolute atomic E-state index is 12.4. The summed E-state index contributed by atoms with van der Waals surface area (Å²) in [5.41, 5.74) is 1.63. The van der Waals surface area contributed by atoms with Crippen LogP contribution < -0.4 is 11.0 Å². The van der Waals surface area contributed by atoms with E-state index in [1.165, 1.54) is 0 Å². The van der Waals surface area contributed by atoms with Gasteiger partial charge in [-0.15, -0.1) is 0 Å². The molecule has 1 aliphatic rings. The molecule has 1 aromatic carbocycles. The van der Waals surface area contributed by atoms with Gasteiger partial charge in [0.15, 0.2) is 5.82 Å². The Kier molecular flexibility index (Phi) is 5.11. The maximum Gasteiger partial charge on any atom is 0.326 e. The second-order valence-corrected chi connectivity index (χ2v) is 6.78. The average molecular weight is 386 g/mol. The smallest absolute Gasteiger partial charge is 0.326 e. The Morgan fingerprint density at radius 1 is 1.32 bits per heavy atom. The van der Waals surface area contributed by atoms with Crippen LogP contribution in [0.2, 0.25) is 0 Å². The lowest BCUT2D eigenvalue weighted by Crippen LogP contribution is -2.45. The molecule has 0 spiro atoms. The Labute approximate surface area is 160 Å². The summed E-state index contributed by atoms with van der Waals surface area (Å²) < 4.78 is 6.62. The number of aromatic amines is 1. The number of nitrogens with one attached hydrogen (secondary N) is 2. The number of nitrogens with zero attached hydrogens (tertiary/aromatic N) is 4. The quantitative estimate of drug-likeness (QED) is 0.595. The number of imidazole rings is 1. The van der Waals surface area contributed by atoms with Crippen LogP contribution in [0.4, 0.5) is 4.79 Å². The molecule has 10 heteroatoms. The zero-order valence-electron chi connectivity index (χ0n) is 15.3. The minimum Gasteiger partial charge on any atom is -0.387 e. The fourth-order valence-corrected chi connectivity index (χ4v) is 3.61. The van der Waals surface area contributed by atoms with E-state index in [0.29, 0.717) is 31.9 Å². The number of amides is 2. The van der Waals surface area contributed by atoms with Gasteiger partial charge in [-0.2, -0.15) is 4.98 Å². The lowest BCUT2D eigenvalue weighted by atomic mass is 10.0. The van der Waals surface area contributed by atoms with Gasteiger partial charge in [0.05, 0.1) is 11.0 Å². The molecule has 0 unspecified atom stereocenters. The van der Waals surface area contributed by atoms with E-state index in [1.54, 1.807) is 9.47 Å². The van der Waals surface area contributed by atoms with E-state index in [1.807, 2.05) is 24.3 Å². The molecule has 4 rings (SSSR count). The fourth-order valence-electron chi connectivity index (χ4n) is 3.61. The van der Waals surface area contributed by atoms with Crippen LogP contribution >= 0.6 is 0 Å². The summed E-state index contributed by atoms with van der Waals surface area (Å²) in [6.07, 6.45) is 1.87. The molecule has 0 atom stereocenters.